The van der Waals surface area contributed by atoms with E-state index in [4.69, 9.17) is 21.1 Å². The lowest BCUT2D eigenvalue weighted by molar-refractivity contribution is 0.104. The SMILES string of the molecule is CCOc1cc(C=CC(=O)c2ccc(OCCC(C)C)cc2)cc(Cl)c1O. The largest absolute Gasteiger partial charge is 0.503 e. The van der Waals surface area contributed by atoms with Crippen molar-refractivity contribution >= 4 is 23.5 Å². The summed E-state index contributed by atoms with van der Waals surface area (Å²) in [6.45, 7) is 7.18. The number of halogens is 1. The molecule has 0 aliphatic rings. The van der Waals surface area contributed by atoms with E-state index in [9.17, 15) is 9.90 Å². The van der Waals surface area contributed by atoms with Crippen molar-refractivity contribution in [3.8, 4) is 17.2 Å². The number of carbonyl (C=O) groups excluding carboxylic acids is 1. The molecule has 0 heterocycles. The van der Waals surface area contributed by atoms with Crippen LogP contribution < -0.4 is 9.47 Å². The van der Waals surface area contributed by atoms with E-state index >= 15 is 0 Å². The number of ether oxygens (including phenoxy) is 2. The van der Waals surface area contributed by atoms with Crippen LogP contribution in [0.4, 0.5) is 0 Å². The topological polar surface area (TPSA) is 55.8 Å². The molecule has 0 aliphatic heterocycles. The molecule has 0 aromatic heterocycles. The molecule has 0 spiro atoms. The number of benzene rings is 2. The van der Waals surface area contributed by atoms with Crippen LogP contribution in [-0.4, -0.2) is 24.1 Å². The summed E-state index contributed by atoms with van der Waals surface area (Å²) >= 11 is 6.00. The third-order valence-electron chi connectivity index (χ3n) is 3.88. The summed E-state index contributed by atoms with van der Waals surface area (Å²) in [4.78, 5) is 12.4. The van der Waals surface area contributed by atoms with Gasteiger partial charge in [-0.15, -0.1) is 0 Å². The minimum atomic E-state index is -0.133. The van der Waals surface area contributed by atoms with Crippen molar-refractivity contribution in [2.24, 2.45) is 5.92 Å². The molecule has 1 N–H and O–H groups in total. The molecule has 0 fully saturated rings. The molecule has 5 heteroatoms. The fraction of sp³-hybridized carbons (Fsp3) is 0.318. The van der Waals surface area contributed by atoms with E-state index in [1.54, 1.807) is 42.5 Å². The van der Waals surface area contributed by atoms with Crippen molar-refractivity contribution in [2.45, 2.75) is 27.2 Å². The first kappa shape index (κ1) is 20.8. The fourth-order valence-corrected chi connectivity index (χ4v) is 2.57. The average Bonchev–Trinajstić information content (AvgIpc) is 2.64. The maximum atomic E-state index is 12.4. The number of carbonyl (C=O) groups is 1. The Balaban J connectivity index is 2.04. The highest BCUT2D eigenvalue weighted by Gasteiger charge is 2.09. The molecule has 0 amide bonds. The summed E-state index contributed by atoms with van der Waals surface area (Å²) in [6.07, 6.45) is 4.10. The van der Waals surface area contributed by atoms with Gasteiger partial charge in [0.05, 0.1) is 18.2 Å². The number of ketones is 1. The van der Waals surface area contributed by atoms with E-state index in [-0.39, 0.29) is 16.6 Å². The van der Waals surface area contributed by atoms with E-state index in [0.717, 1.165) is 12.2 Å². The second-order valence-corrected chi connectivity index (χ2v) is 6.94. The molecule has 2 aromatic carbocycles. The van der Waals surface area contributed by atoms with Gasteiger partial charge in [-0.1, -0.05) is 31.5 Å². The van der Waals surface area contributed by atoms with Crippen molar-refractivity contribution in [1.82, 2.24) is 0 Å². The Morgan fingerprint density at radius 1 is 1.19 bits per heavy atom. The van der Waals surface area contributed by atoms with Gasteiger partial charge in [0.1, 0.15) is 5.75 Å². The second-order valence-electron chi connectivity index (χ2n) is 6.54. The van der Waals surface area contributed by atoms with Gasteiger partial charge in [-0.2, -0.15) is 0 Å². The minimum Gasteiger partial charge on any atom is -0.503 e. The molecule has 0 radical (unpaired) electrons. The molecule has 0 aliphatic carbocycles. The molecule has 2 rings (SSSR count). The fourth-order valence-electron chi connectivity index (χ4n) is 2.35. The number of aromatic hydroxyl groups is 1. The van der Waals surface area contributed by atoms with Gasteiger partial charge in [0, 0.05) is 5.56 Å². The van der Waals surface area contributed by atoms with Gasteiger partial charge < -0.3 is 14.6 Å². The van der Waals surface area contributed by atoms with Crippen LogP contribution in [0.25, 0.3) is 6.08 Å². The quantitative estimate of drug-likeness (QED) is 0.438. The van der Waals surface area contributed by atoms with Crippen LogP contribution in [0.5, 0.6) is 17.2 Å². The third-order valence-corrected chi connectivity index (χ3v) is 4.17. The first-order valence-corrected chi connectivity index (χ1v) is 9.39. The van der Waals surface area contributed by atoms with Crippen LogP contribution in [0.3, 0.4) is 0 Å². The van der Waals surface area contributed by atoms with Crippen LogP contribution in [-0.2, 0) is 0 Å². The number of phenolic OH excluding ortho intramolecular Hbond substituents is 1. The number of allylic oxidation sites excluding steroid dienone is 1. The summed E-state index contributed by atoms with van der Waals surface area (Å²) in [5, 5.41) is 10.0. The van der Waals surface area contributed by atoms with Gasteiger partial charge in [-0.3, -0.25) is 4.79 Å². The summed E-state index contributed by atoms with van der Waals surface area (Å²) in [6, 6.07) is 10.3. The molecule has 0 bridgehead atoms. The zero-order valence-electron chi connectivity index (χ0n) is 15.9. The predicted octanol–water partition coefficient (Wildman–Crippen LogP) is 5.77. The molecule has 27 heavy (non-hydrogen) atoms. The lowest BCUT2D eigenvalue weighted by atomic mass is 10.1. The average molecular weight is 389 g/mol. The maximum absolute atomic E-state index is 12.4. The Morgan fingerprint density at radius 3 is 2.52 bits per heavy atom. The Hall–Kier alpha value is -2.46. The summed E-state index contributed by atoms with van der Waals surface area (Å²) in [7, 11) is 0. The Bertz CT molecular complexity index is 795. The number of hydrogen-bond donors (Lipinski definition) is 1. The van der Waals surface area contributed by atoms with Crippen LogP contribution in [0.2, 0.25) is 5.02 Å². The van der Waals surface area contributed by atoms with Gasteiger partial charge in [0.2, 0.25) is 0 Å². The van der Waals surface area contributed by atoms with Crippen LogP contribution in [0, 0.1) is 5.92 Å². The maximum Gasteiger partial charge on any atom is 0.185 e. The van der Waals surface area contributed by atoms with E-state index in [2.05, 4.69) is 13.8 Å². The second kappa shape index (κ2) is 10.0. The van der Waals surface area contributed by atoms with Gasteiger partial charge in [0.25, 0.3) is 0 Å². The van der Waals surface area contributed by atoms with E-state index < -0.39 is 0 Å². The Labute approximate surface area is 165 Å². The molecule has 2 aromatic rings. The first-order chi connectivity index (χ1) is 12.9. The highest BCUT2D eigenvalue weighted by Crippen LogP contribution is 2.35. The minimum absolute atomic E-state index is 0.102. The summed E-state index contributed by atoms with van der Waals surface area (Å²) < 4.78 is 11.0. The van der Waals surface area contributed by atoms with Crippen molar-refractivity contribution < 1.29 is 19.4 Å². The summed E-state index contributed by atoms with van der Waals surface area (Å²) in [5.74, 6) is 1.40. The predicted molar refractivity (Wildman–Crippen MR) is 109 cm³/mol. The summed E-state index contributed by atoms with van der Waals surface area (Å²) in [5.41, 5.74) is 1.24. The van der Waals surface area contributed by atoms with E-state index in [1.807, 2.05) is 6.92 Å². The van der Waals surface area contributed by atoms with Crippen molar-refractivity contribution in [2.75, 3.05) is 13.2 Å². The van der Waals surface area contributed by atoms with Crippen LogP contribution in [0.15, 0.2) is 42.5 Å². The molecule has 144 valence electrons. The molecule has 4 nitrogen and oxygen atoms in total. The van der Waals surface area contributed by atoms with E-state index in [1.165, 1.54) is 6.08 Å². The zero-order valence-corrected chi connectivity index (χ0v) is 16.6. The van der Waals surface area contributed by atoms with Gasteiger partial charge in [-0.05, 0) is 67.3 Å². The zero-order chi connectivity index (χ0) is 19.8. The van der Waals surface area contributed by atoms with Gasteiger partial charge >= 0.3 is 0 Å². The number of rotatable bonds is 9. The highest BCUT2D eigenvalue weighted by molar-refractivity contribution is 6.32. The highest BCUT2D eigenvalue weighted by atomic mass is 35.5. The lowest BCUT2D eigenvalue weighted by Gasteiger charge is -2.08. The number of hydrogen-bond acceptors (Lipinski definition) is 4. The van der Waals surface area contributed by atoms with Crippen LogP contribution >= 0.6 is 11.6 Å². The normalized spacial score (nSPS) is 11.1. The Kier molecular flexibility index (Phi) is 7.74. The van der Waals surface area contributed by atoms with Gasteiger partial charge in [-0.25, -0.2) is 0 Å². The smallest absolute Gasteiger partial charge is 0.185 e. The molecule has 0 atom stereocenters. The molecular weight excluding hydrogens is 364 g/mol. The Morgan fingerprint density at radius 2 is 1.89 bits per heavy atom. The molecule has 0 saturated heterocycles. The van der Waals surface area contributed by atoms with Crippen molar-refractivity contribution in [3.05, 3.63) is 58.6 Å². The standard InChI is InChI=1S/C22H25ClO4/c1-4-26-21-14-16(13-19(23)22(21)25)5-10-20(24)17-6-8-18(9-7-17)27-12-11-15(2)3/h5-10,13-15,25H,4,11-12H2,1-3H3. The lowest BCUT2D eigenvalue weighted by Crippen LogP contribution is -2.01. The van der Waals surface area contributed by atoms with Gasteiger partial charge in [0.15, 0.2) is 17.3 Å². The third kappa shape index (κ3) is 6.33. The first-order valence-electron chi connectivity index (χ1n) is 9.01. The number of phenols is 1. The molecule has 0 saturated carbocycles. The van der Waals surface area contributed by atoms with Crippen LogP contribution in [0.1, 0.15) is 43.1 Å². The van der Waals surface area contributed by atoms with Crippen molar-refractivity contribution in [1.29, 1.82) is 0 Å². The van der Waals surface area contributed by atoms with Crippen molar-refractivity contribution in [3.63, 3.8) is 0 Å². The van der Waals surface area contributed by atoms with E-state index in [0.29, 0.717) is 36.0 Å². The molecular formula is C22H25ClO4. The monoisotopic (exact) mass is 388 g/mol. The molecule has 0 unspecified atom stereocenters.